The van der Waals surface area contributed by atoms with E-state index in [4.69, 9.17) is 16.3 Å². The molecule has 0 radical (unpaired) electrons. The lowest BCUT2D eigenvalue weighted by atomic mass is 10.1. The first-order valence-electron chi connectivity index (χ1n) is 6.77. The van der Waals surface area contributed by atoms with Gasteiger partial charge in [0.15, 0.2) is 0 Å². The van der Waals surface area contributed by atoms with Crippen LogP contribution in [0.1, 0.15) is 27.2 Å². The molecule has 1 rings (SSSR count). The Hall–Kier alpha value is -0.770. The van der Waals surface area contributed by atoms with Gasteiger partial charge in [-0.2, -0.15) is 0 Å². The highest BCUT2D eigenvalue weighted by Gasteiger charge is 2.10. The molecule has 0 saturated carbocycles. The lowest BCUT2D eigenvalue weighted by Crippen LogP contribution is -2.27. The number of nitrogens with one attached hydrogen (secondary N) is 1. The van der Waals surface area contributed by atoms with Crippen LogP contribution in [0.3, 0.4) is 0 Å². The molecule has 1 aromatic carbocycles. The molecule has 0 saturated heterocycles. The van der Waals surface area contributed by atoms with Crippen LogP contribution >= 0.6 is 11.6 Å². The fraction of sp³-hybridized carbons (Fsp3) is 0.600. The van der Waals surface area contributed by atoms with E-state index >= 15 is 0 Å². The fourth-order valence-corrected chi connectivity index (χ4v) is 2.10. The molecule has 2 atom stereocenters. The van der Waals surface area contributed by atoms with Gasteiger partial charge in [0.05, 0.1) is 29.5 Å². The summed E-state index contributed by atoms with van der Waals surface area (Å²) in [5.41, 5.74) is 0.832. The highest BCUT2D eigenvalue weighted by atomic mass is 35.5. The minimum atomic E-state index is -0.536. The Morgan fingerprint density at radius 3 is 2.58 bits per heavy atom. The summed E-state index contributed by atoms with van der Waals surface area (Å²) in [5, 5.41) is 13.6. The van der Waals surface area contributed by atoms with E-state index in [0.29, 0.717) is 24.1 Å². The van der Waals surface area contributed by atoms with E-state index in [0.717, 1.165) is 12.1 Å². The second-order valence-corrected chi connectivity index (χ2v) is 5.70. The van der Waals surface area contributed by atoms with Crippen molar-refractivity contribution in [3.63, 3.8) is 0 Å². The van der Waals surface area contributed by atoms with Crippen molar-refractivity contribution in [2.75, 3.05) is 18.5 Å². The first kappa shape index (κ1) is 16.3. The van der Waals surface area contributed by atoms with E-state index in [1.807, 2.05) is 31.2 Å². The summed E-state index contributed by atoms with van der Waals surface area (Å²) >= 11 is 6.02. The molecule has 4 heteroatoms. The van der Waals surface area contributed by atoms with Gasteiger partial charge in [0.1, 0.15) is 0 Å². The second kappa shape index (κ2) is 8.41. The van der Waals surface area contributed by atoms with Crippen LogP contribution in [0, 0.1) is 5.92 Å². The highest BCUT2D eigenvalue weighted by Crippen LogP contribution is 2.20. The van der Waals surface area contributed by atoms with Crippen LogP contribution in [0.4, 0.5) is 5.69 Å². The Kier molecular flexibility index (Phi) is 7.21. The number of aliphatic hydroxyl groups is 1. The van der Waals surface area contributed by atoms with Crippen molar-refractivity contribution in [2.24, 2.45) is 5.92 Å². The number of hydrogen-bond donors (Lipinski definition) is 2. The molecule has 0 fully saturated rings. The molecule has 0 aliphatic carbocycles. The number of aliphatic hydroxyl groups excluding tert-OH is 1. The molecular weight excluding hydrogens is 262 g/mol. The molecule has 0 heterocycles. The topological polar surface area (TPSA) is 41.5 Å². The van der Waals surface area contributed by atoms with Crippen molar-refractivity contribution < 1.29 is 9.84 Å². The highest BCUT2D eigenvalue weighted by molar-refractivity contribution is 6.33. The molecule has 0 bridgehead atoms. The summed E-state index contributed by atoms with van der Waals surface area (Å²) in [4.78, 5) is 0. The molecule has 19 heavy (non-hydrogen) atoms. The molecule has 0 amide bonds. The monoisotopic (exact) mass is 285 g/mol. The van der Waals surface area contributed by atoms with Gasteiger partial charge in [0, 0.05) is 6.54 Å². The zero-order chi connectivity index (χ0) is 14.3. The van der Waals surface area contributed by atoms with Gasteiger partial charge in [0.2, 0.25) is 0 Å². The molecule has 2 unspecified atom stereocenters. The minimum Gasteiger partial charge on any atom is -0.389 e. The Labute approximate surface area is 120 Å². The zero-order valence-electron chi connectivity index (χ0n) is 11.9. The number of benzene rings is 1. The van der Waals surface area contributed by atoms with Crippen molar-refractivity contribution in [3.8, 4) is 0 Å². The van der Waals surface area contributed by atoms with E-state index in [2.05, 4.69) is 19.2 Å². The van der Waals surface area contributed by atoms with Gasteiger partial charge in [-0.3, -0.25) is 0 Å². The van der Waals surface area contributed by atoms with Crippen molar-refractivity contribution in [1.82, 2.24) is 0 Å². The SMILES string of the molecule is CC(C)CC(C)OCC(O)CNc1ccccc1Cl. The smallest absolute Gasteiger partial charge is 0.0945 e. The van der Waals surface area contributed by atoms with Gasteiger partial charge in [-0.25, -0.2) is 0 Å². The molecule has 2 N–H and O–H groups in total. The third-order valence-electron chi connectivity index (χ3n) is 2.78. The van der Waals surface area contributed by atoms with E-state index < -0.39 is 6.10 Å². The van der Waals surface area contributed by atoms with Crippen molar-refractivity contribution in [2.45, 2.75) is 39.4 Å². The largest absolute Gasteiger partial charge is 0.389 e. The van der Waals surface area contributed by atoms with Crippen molar-refractivity contribution in [1.29, 1.82) is 0 Å². The zero-order valence-corrected chi connectivity index (χ0v) is 12.7. The van der Waals surface area contributed by atoms with Gasteiger partial charge < -0.3 is 15.2 Å². The maximum atomic E-state index is 9.85. The third kappa shape index (κ3) is 6.81. The summed E-state index contributed by atoms with van der Waals surface area (Å²) in [6, 6.07) is 7.48. The van der Waals surface area contributed by atoms with Gasteiger partial charge in [-0.15, -0.1) is 0 Å². The Morgan fingerprint density at radius 1 is 1.26 bits per heavy atom. The van der Waals surface area contributed by atoms with E-state index in [-0.39, 0.29) is 6.10 Å². The predicted molar refractivity (Wildman–Crippen MR) is 80.8 cm³/mol. The molecule has 1 aromatic rings. The summed E-state index contributed by atoms with van der Waals surface area (Å²) in [5.74, 6) is 0.605. The van der Waals surface area contributed by atoms with Gasteiger partial charge in [0.25, 0.3) is 0 Å². The average molecular weight is 286 g/mol. The predicted octanol–water partition coefficient (Wildman–Crippen LogP) is 3.56. The van der Waals surface area contributed by atoms with Crippen LogP contribution in [0.15, 0.2) is 24.3 Å². The van der Waals surface area contributed by atoms with Crippen molar-refractivity contribution in [3.05, 3.63) is 29.3 Å². The van der Waals surface area contributed by atoms with E-state index in [9.17, 15) is 5.11 Å². The maximum absolute atomic E-state index is 9.85. The molecular formula is C15H24ClNO2. The third-order valence-corrected chi connectivity index (χ3v) is 3.11. The molecule has 108 valence electrons. The number of para-hydroxylation sites is 1. The maximum Gasteiger partial charge on any atom is 0.0945 e. The number of rotatable bonds is 8. The Bertz CT molecular complexity index is 371. The van der Waals surface area contributed by atoms with Gasteiger partial charge >= 0.3 is 0 Å². The van der Waals surface area contributed by atoms with Crippen LogP contribution in [-0.4, -0.2) is 30.5 Å². The molecule has 0 aliphatic heterocycles. The van der Waals surface area contributed by atoms with Crippen LogP contribution in [0.25, 0.3) is 0 Å². The Balaban J connectivity index is 2.25. The van der Waals surface area contributed by atoms with Gasteiger partial charge in [-0.1, -0.05) is 37.6 Å². The van der Waals surface area contributed by atoms with Crippen molar-refractivity contribution >= 4 is 17.3 Å². The minimum absolute atomic E-state index is 0.176. The Morgan fingerprint density at radius 2 is 1.95 bits per heavy atom. The summed E-state index contributed by atoms with van der Waals surface area (Å²) < 4.78 is 5.61. The first-order valence-corrected chi connectivity index (χ1v) is 7.15. The standard InChI is InChI=1S/C15H24ClNO2/c1-11(2)8-12(3)19-10-13(18)9-17-15-7-5-4-6-14(15)16/h4-7,11-13,17-18H,8-10H2,1-3H3. The number of hydrogen-bond acceptors (Lipinski definition) is 3. The van der Waals surface area contributed by atoms with Crippen LogP contribution in [0.5, 0.6) is 0 Å². The molecule has 0 aromatic heterocycles. The molecule has 3 nitrogen and oxygen atoms in total. The van der Waals surface area contributed by atoms with Crippen LogP contribution in [-0.2, 0) is 4.74 Å². The molecule has 0 aliphatic rings. The lowest BCUT2D eigenvalue weighted by Gasteiger charge is -2.18. The first-order chi connectivity index (χ1) is 8.99. The number of halogens is 1. The van der Waals surface area contributed by atoms with E-state index in [1.165, 1.54) is 0 Å². The normalized spacial score (nSPS) is 14.4. The quantitative estimate of drug-likeness (QED) is 0.767. The second-order valence-electron chi connectivity index (χ2n) is 5.29. The summed E-state index contributed by atoms with van der Waals surface area (Å²) in [6.07, 6.45) is 0.644. The number of anilines is 1. The fourth-order valence-electron chi connectivity index (χ4n) is 1.90. The van der Waals surface area contributed by atoms with E-state index in [1.54, 1.807) is 0 Å². The van der Waals surface area contributed by atoms with Gasteiger partial charge in [-0.05, 0) is 31.4 Å². The average Bonchev–Trinajstić information content (AvgIpc) is 2.34. The summed E-state index contributed by atoms with van der Waals surface area (Å²) in [6.45, 7) is 7.13. The van der Waals surface area contributed by atoms with Crippen LogP contribution < -0.4 is 5.32 Å². The molecule has 0 spiro atoms. The van der Waals surface area contributed by atoms with Crippen LogP contribution in [0.2, 0.25) is 5.02 Å². The number of ether oxygens (including phenoxy) is 1. The lowest BCUT2D eigenvalue weighted by molar-refractivity contribution is -0.00443. The summed E-state index contributed by atoms with van der Waals surface area (Å²) in [7, 11) is 0.